The zero-order chi connectivity index (χ0) is 12.1. The minimum absolute atomic E-state index is 1.13. The highest BCUT2D eigenvalue weighted by molar-refractivity contribution is 9.10. The Labute approximate surface area is 111 Å². The zero-order valence-electron chi connectivity index (χ0n) is 9.94. The topological polar surface area (TPSA) is 3.24 Å². The number of nitrogens with zero attached hydrogens (tertiary/aromatic N) is 1. The third-order valence-corrected chi connectivity index (χ3v) is 3.48. The molecule has 0 bridgehead atoms. The number of halogens is 1. The molecule has 0 heterocycles. The van der Waals surface area contributed by atoms with Gasteiger partial charge in [0, 0.05) is 0 Å². The van der Waals surface area contributed by atoms with E-state index in [9.17, 15) is 0 Å². The standard InChI is InChI=1S/C15H16BrN/c1-2-7-13-8-6-11-15(12-13)17(16)14-9-4-3-5-10-14/h3-6,8-12H,2,7H2,1H3. The maximum atomic E-state index is 3.61. The van der Waals surface area contributed by atoms with E-state index < -0.39 is 0 Å². The Bertz CT molecular complexity index is 467. The fourth-order valence-corrected chi connectivity index (χ4v) is 2.29. The van der Waals surface area contributed by atoms with E-state index in [1.807, 2.05) is 22.1 Å². The number of hydrogen-bond donors (Lipinski definition) is 0. The van der Waals surface area contributed by atoms with Gasteiger partial charge in [0.05, 0.1) is 27.5 Å². The van der Waals surface area contributed by atoms with Crippen LogP contribution in [0.1, 0.15) is 18.9 Å². The van der Waals surface area contributed by atoms with Crippen LogP contribution >= 0.6 is 16.1 Å². The number of aryl methyl sites for hydroxylation is 1. The predicted molar refractivity (Wildman–Crippen MR) is 77.9 cm³/mol. The summed E-state index contributed by atoms with van der Waals surface area (Å²) in [6, 6.07) is 18.9. The Morgan fingerprint density at radius 3 is 2.35 bits per heavy atom. The van der Waals surface area contributed by atoms with Crippen molar-refractivity contribution >= 4 is 27.5 Å². The number of benzene rings is 2. The van der Waals surface area contributed by atoms with E-state index in [1.165, 1.54) is 17.7 Å². The molecular formula is C15H16BrN. The van der Waals surface area contributed by atoms with E-state index in [4.69, 9.17) is 0 Å². The van der Waals surface area contributed by atoms with Crippen LogP contribution in [-0.4, -0.2) is 0 Å². The molecule has 17 heavy (non-hydrogen) atoms. The minimum atomic E-state index is 1.13. The molecule has 0 amide bonds. The van der Waals surface area contributed by atoms with Crippen LogP contribution in [0.25, 0.3) is 0 Å². The fourth-order valence-electron chi connectivity index (χ4n) is 1.83. The zero-order valence-corrected chi connectivity index (χ0v) is 11.5. The van der Waals surface area contributed by atoms with Crippen molar-refractivity contribution < 1.29 is 0 Å². The molecular weight excluding hydrogens is 274 g/mol. The number of hydrogen-bond acceptors (Lipinski definition) is 1. The van der Waals surface area contributed by atoms with Crippen molar-refractivity contribution in [2.75, 3.05) is 3.93 Å². The van der Waals surface area contributed by atoms with Gasteiger partial charge in [-0.1, -0.05) is 43.7 Å². The molecule has 0 spiro atoms. The molecule has 0 radical (unpaired) electrons. The van der Waals surface area contributed by atoms with Gasteiger partial charge in [0.25, 0.3) is 0 Å². The van der Waals surface area contributed by atoms with Crippen LogP contribution in [0, 0.1) is 0 Å². The molecule has 0 saturated carbocycles. The molecule has 0 atom stereocenters. The summed E-state index contributed by atoms with van der Waals surface area (Å²) in [5.41, 5.74) is 3.69. The number of rotatable bonds is 4. The van der Waals surface area contributed by atoms with Gasteiger partial charge in [0.1, 0.15) is 0 Å². The normalized spacial score (nSPS) is 10.2. The third-order valence-electron chi connectivity index (χ3n) is 2.66. The number of para-hydroxylation sites is 1. The second-order valence-corrected chi connectivity index (χ2v) is 4.75. The lowest BCUT2D eigenvalue weighted by atomic mass is 10.1. The summed E-state index contributed by atoms with van der Waals surface area (Å²) in [6.07, 6.45) is 2.31. The Balaban J connectivity index is 2.25. The van der Waals surface area contributed by atoms with Gasteiger partial charge in [-0.05, 0) is 36.2 Å². The first-order valence-corrected chi connectivity index (χ1v) is 6.62. The van der Waals surface area contributed by atoms with Gasteiger partial charge in [-0.15, -0.1) is 0 Å². The molecule has 2 aromatic carbocycles. The van der Waals surface area contributed by atoms with E-state index in [2.05, 4.69) is 59.5 Å². The maximum absolute atomic E-state index is 3.61. The van der Waals surface area contributed by atoms with E-state index in [0.717, 1.165) is 12.1 Å². The third kappa shape index (κ3) is 3.10. The van der Waals surface area contributed by atoms with Crippen molar-refractivity contribution in [1.82, 2.24) is 0 Å². The summed E-state index contributed by atoms with van der Waals surface area (Å²) in [5, 5.41) is 0. The molecule has 0 unspecified atom stereocenters. The smallest absolute Gasteiger partial charge is 0.0551 e. The van der Waals surface area contributed by atoms with E-state index in [-0.39, 0.29) is 0 Å². The maximum Gasteiger partial charge on any atom is 0.0551 e. The predicted octanol–water partition coefficient (Wildman–Crippen LogP) is 5.09. The van der Waals surface area contributed by atoms with Crippen molar-refractivity contribution in [2.45, 2.75) is 19.8 Å². The molecule has 0 aliphatic heterocycles. The monoisotopic (exact) mass is 289 g/mol. The summed E-state index contributed by atoms with van der Waals surface area (Å²) in [6.45, 7) is 2.20. The largest absolute Gasteiger partial charge is 0.277 e. The first-order valence-electron chi connectivity index (χ1n) is 5.91. The Morgan fingerprint density at radius 1 is 0.941 bits per heavy atom. The first-order chi connectivity index (χ1) is 8.31. The first kappa shape index (κ1) is 12.2. The second-order valence-electron chi connectivity index (χ2n) is 4.04. The van der Waals surface area contributed by atoms with Crippen LogP contribution in [0.3, 0.4) is 0 Å². The SMILES string of the molecule is CCCc1cccc(N(Br)c2ccccc2)c1. The summed E-state index contributed by atoms with van der Waals surface area (Å²) in [5.74, 6) is 0. The summed E-state index contributed by atoms with van der Waals surface area (Å²) >= 11 is 3.61. The molecule has 0 aromatic heterocycles. The molecule has 2 rings (SSSR count). The highest BCUT2D eigenvalue weighted by Gasteiger charge is 2.05. The van der Waals surface area contributed by atoms with Crippen LogP contribution in [0.15, 0.2) is 54.6 Å². The average Bonchev–Trinajstić information content (AvgIpc) is 2.40. The molecule has 0 fully saturated rings. The molecule has 2 heteroatoms. The Kier molecular flexibility index (Phi) is 4.21. The molecule has 0 saturated heterocycles. The Morgan fingerprint density at radius 2 is 1.65 bits per heavy atom. The van der Waals surface area contributed by atoms with Gasteiger partial charge in [-0.25, -0.2) is 0 Å². The summed E-state index contributed by atoms with van der Waals surface area (Å²) in [4.78, 5) is 0. The highest BCUT2D eigenvalue weighted by atomic mass is 79.9. The lowest BCUT2D eigenvalue weighted by Gasteiger charge is -2.17. The van der Waals surface area contributed by atoms with Crippen molar-refractivity contribution in [3.05, 3.63) is 60.2 Å². The lowest BCUT2D eigenvalue weighted by molar-refractivity contribution is 0.922. The van der Waals surface area contributed by atoms with Gasteiger partial charge in [0.2, 0.25) is 0 Å². The van der Waals surface area contributed by atoms with Crippen LogP contribution in [0.5, 0.6) is 0 Å². The quantitative estimate of drug-likeness (QED) is 0.709. The minimum Gasteiger partial charge on any atom is -0.277 e. The van der Waals surface area contributed by atoms with Gasteiger partial charge in [-0.3, -0.25) is 3.93 Å². The lowest BCUT2D eigenvalue weighted by Crippen LogP contribution is -2.01. The molecule has 0 aliphatic rings. The molecule has 0 N–H and O–H groups in total. The molecule has 88 valence electrons. The Hall–Kier alpha value is -1.28. The van der Waals surface area contributed by atoms with Crippen molar-refractivity contribution in [1.29, 1.82) is 0 Å². The van der Waals surface area contributed by atoms with Crippen LogP contribution in [0.4, 0.5) is 11.4 Å². The highest BCUT2D eigenvalue weighted by Crippen LogP contribution is 2.29. The van der Waals surface area contributed by atoms with E-state index in [0.29, 0.717) is 0 Å². The molecule has 2 aromatic rings. The molecule has 1 nitrogen and oxygen atoms in total. The van der Waals surface area contributed by atoms with Gasteiger partial charge >= 0.3 is 0 Å². The fraction of sp³-hybridized carbons (Fsp3) is 0.200. The van der Waals surface area contributed by atoms with Crippen molar-refractivity contribution in [3.63, 3.8) is 0 Å². The van der Waals surface area contributed by atoms with E-state index >= 15 is 0 Å². The van der Waals surface area contributed by atoms with Crippen molar-refractivity contribution in [2.24, 2.45) is 0 Å². The van der Waals surface area contributed by atoms with Crippen molar-refractivity contribution in [3.8, 4) is 0 Å². The van der Waals surface area contributed by atoms with Crippen LogP contribution in [0.2, 0.25) is 0 Å². The van der Waals surface area contributed by atoms with E-state index in [1.54, 1.807) is 0 Å². The molecule has 0 aliphatic carbocycles. The van der Waals surface area contributed by atoms with Gasteiger partial charge in [-0.2, -0.15) is 0 Å². The second kappa shape index (κ2) is 5.87. The summed E-state index contributed by atoms with van der Waals surface area (Å²) in [7, 11) is 0. The van der Waals surface area contributed by atoms with Crippen LogP contribution < -0.4 is 3.93 Å². The van der Waals surface area contributed by atoms with Gasteiger partial charge < -0.3 is 0 Å². The van der Waals surface area contributed by atoms with Gasteiger partial charge in [0.15, 0.2) is 0 Å². The summed E-state index contributed by atoms with van der Waals surface area (Å²) < 4.78 is 2.03. The number of anilines is 2. The van der Waals surface area contributed by atoms with Crippen LogP contribution in [-0.2, 0) is 6.42 Å². The average molecular weight is 290 g/mol.